The van der Waals surface area contributed by atoms with Crippen LogP contribution >= 0.6 is 11.6 Å². The maximum absolute atomic E-state index is 13.6. The van der Waals surface area contributed by atoms with Crippen molar-refractivity contribution in [1.82, 2.24) is 14.8 Å². The van der Waals surface area contributed by atoms with Gasteiger partial charge in [0.2, 0.25) is 5.95 Å². The molecule has 7 heteroatoms. The van der Waals surface area contributed by atoms with Crippen LogP contribution in [0.4, 0.5) is 10.3 Å². The lowest BCUT2D eigenvalue weighted by Crippen LogP contribution is -2.36. The fraction of sp³-hybridized carbons (Fsp3) is 0.261. The Hall–Kier alpha value is -2.99. The molecule has 1 unspecified atom stereocenters. The van der Waals surface area contributed by atoms with E-state index >= 15 is 0 Å². The molecule has 0 fully saturated rings. The first kappa shape index (κ1) is 19.0. The summed E-state index contributed by atoms with van der Waals surface area (Å²) in [5.41, 5.74) is 3.03. The highest BCUT2D eigenvalue weighted by Crippen LogP contribution is 2.45. The number of hydrogen-bond donors (Lipinski definition) is 1. The van der Waals surface area contributed by atoms with Crippen molar-refractivity contribution in [2.24, 2.45) is 5.41 Å². The summed E-state index contributed by atoms with van der Waals surface area (Å²) in [5.74, 6) is 0.863. The molecule has 1 N–H and O–H groups in total. The number of Topliss-reactive ketones (excluding diaryl/α,β-unsaturated/α-hetero) is 1. The summed E-state index contributed by atoms with van der Waals surface area (Å²) in [7, 11) is 0. The van der Waals surface area contributed by atoms with Gasteiger partial charge in [-0.1, -0.05) is 37.6 Å². The standard InChI is InChI=1S/C23H20ClFN4O/c1-23(2)11-17-19(18(30)12-23)20(13-5-9-16(25)10-6-13)29-22(26-17)27-21(28-29)14-3-7-15(24)8-4-14/h3-10,20H,11-12H2,1-2H3,(H,26,27,28). The van der Waals surface area contributed by atoms with Gasteiger partial charge in [0.25, 0.3) is 0 Å². The van der Waals surface area contributed by atoms with E-state index in [1.54, 1.807) is 28.9 Å². The number of anilines is 1. The molecule has 1 aliphatic heterocycles. The average molecular weight is 423 g/mol. The second-order valence-electron chi connectivity index (χ2n) is 8.62. The zero-order chi connectivity index (χ0) is 21.0. The SMILES string of the molecule is CC1(C)CC(=O)C2=C(C1)Nc1nc(-c3ccc(Cl)cc3)nn1C2c1ccc(F)cc1. The number of ketones is 1. The van der Waals surface area contributed by atoms with Crippen molar-refractivity contribution in [3.8, 4) is 11.4 Å². The molecule has 30 heavy (non-hydrogen) atoms. The molecule has 0 amide bonds. The predicted octanol–water partition coefficient (Wildman–Crippen LogP) is 5.40. The van der Waals surface area contributed by atoms with Gasteiger partial charge >= 0.3 is 0 Å². The molecule has 1 aromatic heterocycles. The zero-order valence-corrected chi connectivity index (χ0v) is 17.4. The van der Waals surface area contributed by atoms with Gasteiger partial charge in [-0.25, -0.2) is 9.07 Å². The number of fused-ring (bicyclic) bond motifs is 1. The minimum atomic E-state index is -0.450. The second kappa shape index (κ2) is 6.77. The molecular weight excluding hydrogens is 403 g/mol. The third-order valence-corrected chi connectivity index (χ3v) is 5.87. The van der Waals surface area contributed by atoms with Gasteiger partial charge in [-0.05, 0) is 53.8 Å². The molecule has 5 rings (SSSR count). The second-order valence-corrected chi connectivity index (χ2v) is 9.06. The van der Waals surface area contributed by atoms with Crippen LogP contribution in [0.5, 0.6) is 0 Å². The van der Waals surface area contributed by atoms with E-state index in [0.717, 1.165) is 23.2 Å². The summed E-state index contributed by atoms with van der Waals surface area (Å²) in [5, 5.41) is 8.69. The Bertz CT molecular complexity index is 1180. The van der Waals surface area contributed by atoms with Gasteiger partial charge in [-0.2, -0.15) is 4.98 Å². The number of carbonyl (C=O) groups is 1. The third kappa shape index (κ3) is 3.21. The average Bonchev–Trinajstić information content (AvgIpc) is 3.10. The fourth-order valence-electron chi connectivity index (χ4n) is 4.28. The number of allylic oxidation sites excluding steroid dienone is 2. The minimum Gasteiger partial charge on any atom is -0.328 e. The summed E-state index contributed by atoms with van der Waals surface area (Å²) in [4.78, 5) is 17.9. The molecule has 3 aromatic rings. The first-order valence-corrected chi connectivity index (χ1v) is 10.2. The monoisotopic (exact) mass is 422 g/mol. The van der Waals surface area contributed by atoms with Crippen LogP contribution in [-0.4, -0.2) is 20.5 Å². The predicted molar refractivity (Wildman–Crippen MR) is 114 cm³/mol. The lowest BCUT2D eigenvalue weighted by molar-refractivity contribution is -0.118. The van der Waals surface area contributed by atoms with Crippen LogP contribution in [0.3, 0.4) is 0 Å². The van der Waals surface area contributed by atoms with Gasteiger partial charge < -0.3 is 5.32 Å². The van der Waals surface area contributed by atoms with Crippen LogP contribution in [0.25, 0.3) is 11.4 Å². The number of nitrogens with one attached hydrogen (secondary N) is 1. The zero-order valence-electron chi connectivity index (χ0n) is 16.6. The van der Waals surface area contributed by atoms with E-state index in [1.165, 1.54) is 12.1 Å². The number of carbonyl (C=O) groups excluding carboxylic acids is 1. The van der Waals surface area contributed by atoms with Crippen molar-refractivity contribution in [3.05, 3.63) is 76.2 Å². The molecule has 1 atom stereocenters. The Kier molecular flexibility index (Phi) is 4.29. The number of halogens is 2. The van der Waals surface area contributed by atoms with Gasteiger partial charge in [0.05, 0.1) is 0 Å². The van der Waals surface area contributed by atoms with E-state index in [4.69, 9.17) is 16.7 Å². The molecule has 0 saturated heterocycles. The molecule has 0 radical (unpaired) electrons. The number of aromatic nitrogens is 3. The van der Waals surface area contributed by atoms with Gasteiger partial charge in [-0.3, -0.25) is 4.79 Å². The molecule has 2 aromatic carbocycles. The topological polar surface area (TPSA) is 59.8 Å². The lowest BCUT2D eigenvalue weighted by Gasteiger charge is -2.38. The normalized spacial score (nSPS) is 19.9. The summed E-state index contributed by atoms with van der Waals surface area (Å²) in [6.45, 7) is 4.17. The molecule has 2 aliphatic rings. The van der Waals surface area contributed by atoms with Crippen molar-refractivity contribution in [1.29, 1.82) is 0 Å². The van der Waals surface area contributed by atoms with Crippen molar-refractivity contribution < 1.29 is 9.18 Å². The third-order valence-electron chi connectivity index (χ3n) is 5.62. The lowest BCUT2D eigenvalue weighted by atomic mass is 9.73. The van der Waals surface area contributed by atoms with Gasteiger partial charge in [0.15, 0.2) is 11.6 Å². The summed E-state index contributed by atoms with van der Waals surface area (Å²) in [6.07, 6.45) is 1.19. The fourth-order valence-corrected chi connectivity index (χ4v) is 4.41. The van der Waals surface area contributed by atoms with Crippen LogP contribution in [0.15, 0.2) is 59.8 Å². The molecule has 0 spiro atoms. The van der Waals surface area contributed by atoms with E-state index in [-0.39, 0.29) is 17.0 Å². The van der Waals surface area contributed by atoms with Crippen molar-refractivity contribution in [3.63, 3.8) is 0 Å². The highest BCUT2D eigenvalue weighted by molar-refractivity contribution is 6.30. The number of rotatable bonds is 2. The number of nitrogens with zero attached hydrogens (tertiary/aromatic N) is 3. The van der Waals surface area contributed by atoms with Gasteiger partial charge in [0.1, 0.15) is 11.9 Å². The molecule has 1 aliphatic carbocycles. The smallest absolute Gasteiger partial charge is 0.226 e. The van der Waals surface area contributed by atoms with E-state index in [9.17, 15) is 9.18 Å². The van der Waals surface area contributed by atoms with Crippen LogP contribution < -0.4 is 5.32 Å². The number of hydrogen-bond acceptors (Lipinski definition) is 4. The number of benzene rings is 2. The highest BCUT2D eigenvalue weighted by atomic mass is 35.5. The molecule has 152 valence electrons. The molecule has 2 heterocycles. The van der Waals surface area contributed by atoms with Crippen LogP contribution in [0, 0.1) is 11.2 Å². The van der Waals surface area contributed by atoms with E-state index in [0.29, 0.717) is 28.8 Å². The van der Waals surface area contributed by atoms with Gasteiger partial charge in [0, 0.05) is 28.3 Å². The Labute approximate surface area is 178 Å². The first-order valence-electron chi connectivity index (χ1n) is 9.82. The molecule has 0 saturated carbocycles. The summed E-state index contributed by atoms with van der Waals surface area (Å²) >= 11 is 6.01. The van der Waals surface area contributed by atoms with E-state index < -0.39 is 6.04 Å². The molecule has 5 nitrogen and oxygen atoms in total. The Balaban J connectivity index is 1.67. The minimum absolute atomic E-state index is 0.0808. The first-order chi connectivity index (χ1) is 14.3. The summed E-state index contributed by atoms with van der Waals surface area (Å²) < 4.78 is 15.3. The molecular formula is C23H20ClFN4O. The summed E-state index contributed by atoms with van der Waals surface area (Å²) in [6, 6.07) is 13.1. The Morgan fingerprint density at radius 3 is 2.50 bits per heavy atom. The Morgan fingerprint density at radius 1 is 1.10 bits per heavy atom. The van der Waals surface area contributed by atoms with Crippen molar-refractivity contribution in [2.45, 2.75) is 32.7 Å². The van der Waals surface area contributed by atoms with E-state index in [1.807, 2.05) is 12.1 Å². The maximum atomic E-state index is 13.6. The quantitative estimate of drug-likeness (QED) is 0.601. The Morgan fingerprint density at radius 2 is 1.80 bits per heavy atom. The van der Waals surface area contributed by atoms with E-state index in [2.05, 4.69) is 24.1 Å². The van der Waals surface area contributed by atoms with Crippen LogP contribution in [0.1, 0.15) is 38.3 Å². The van der Waals surface area contributed by atoms with Gasteiger partial charge in [-0.15, -0.1) is 5.10 Å². The van der Waals surface area contributed by atoms with Crippen LogP contribution in [0.2, 0.25) is 5.02 Å². The van der Waals surface area contributed by atoms with Crippen molar-refractivity contribution >= 4 is 23.3 Å². The largest absolute Gasteiger partial charge is 0.328 e. The highest BCUT2D eigenvalue weighted by Gasteiger charge is 2.41. The van der Waals surface area contributed by atoms with Crippen LogP contribution in [-0.2, 0) is 4.79 Å². The van der Waals surface area contributed by atoms with Crippen molar-refractivity contribution in [2.75, 3.05) is 5.32 Å². The maximum Gasteiger partial charge on any atom is 0.226 e. The molecule has 0 bridgehead atoms.